The monoisotopic (exact) mass is 298 g/mol. The number of fused-ring (bicyclic) bond motifs is 3. The van der Waals surface area contributed by atoms with Crippen LogP contribution in [-0.2, 0) is 21.6 Å². The topological polar surface area (TPSA) is 86.1 Å². The van der Waals surface area contributed by atoms with Crippen molar-refractivity contribution in [1.82, 2.24) is 4.98 Å². The highest BCUT2D eigenvalue weighted by atomic mass is 16.5. The number of rotatable bonds is 4. The molecule has 2 heterocycles. The summed E-state index contributed by atoms with van der Waals surface area (Å²) in [4.78, 5) is 14.7. The van der Waals surface area contributed by atoms with E-state index in [1.54, 1.807) is 6.07 Å². The molecule has 0 fully saturated rings. The number of hydrogen-bond donors (Lipinski definition) is 2. The van der Waals surface area contributed by atoms with Crippen LogP contribution in [-0.4, -0.2) is 22.7 Å². The van der Waals surface area contributed by atoms with E-state index in [0.29, 0.717) is 18.6 Å². The smallest absolute Gasteiger partial charge is 0.306 e. The summed E-state index contributed by atoms with van der Waals surface area (Å²) in [5.41, 5.74) is 2.47. The van der Waals surface area contributed by atoms with Crippen LogP contribution in [0.4, 0.5) is 0 Å². The molecule has 1 unspecified atom stereocenters. The van der Waals surface area contributed by atoms with Crippen molar-refractivity contribution in [2.75, 3.05) is 6.61 Å². The average molecular weight is 298 g/mol. The van der Waals surface area contributed by atoms with E-state index in [9.17, 15) is 15.2 Å². The van der Waals surface area contributed by atoms with Crippen molar-refractivity contribution >= 4 is 16.9 Å². The van der Waals surface area contributed by atoms with Gasteiger partial charge in [0.15, 0.2) is 0 Å². The normalized spacial score (nSPS) is 20.5. The molecule has 1 aromatic heterocycles. The summed E-state index contributed by atoms with van der Waals surface area (Å²) in [5.74, 6) is -0.875. The summed E-state index contributed by atoms with van der Waals surface area (Å²) >= 11 is 0. The average Bonchev–Trinajstić information content (AvgIpc) is 2.87. The van der Waals surface area contributed by atoms with E-state index in [-0.39, 0.29) is 6.42 Å². The zero-order chi connectivity index (χ0) is 15.7. The SMILES string of the molecule is CCCC1(CC(=O)O)OCCc2c1[nH]c1c(C#N)cccc21. The first-order chi connectivity index (χ1) is 10.6. The number of nitriles is 1. The molecule has 22 heavy (non-hydrogen) atoms. The Morgan fingerprint density at radius 2 is 2.36 bits per heavy atom. The minimum Gasteiger partial charge on any atom is -0.481 e. The number of hydrogen-bond acceptors (Lipinski definition) is 3. The summed E-state index contributed by atoms with van der Waals surface area (Å²) in [7, 11) is 0. The third kappa shape index (κ3) is 2.16. The van der Waals surface area contributed by atoms with Crippen LogP contribution in [0.2, 0.25) is 0 Å². The number of carbonyl (C=O) groups is 1. The Balaban J connectivity index is 2.25. The second-order valence-corrected chi connectivity index (χ2v) is 5.73. The van der Waals surface area contributed by atoms with E-state index in [0.717, 1.165) is 35.0 Å². The lowest BCUT2D eigenvalue weighted by Crippen LogP contribution is -2.37. The van der Waals surface area contributed by atoms with Gasteiger partial charge >= 0.3 is 5.97 Å². The molecule has 2 aromatic rings. The van der Waals surface area contributed by atoms with Crippen LogP contribution in [0.25, 0.3) is 10.9 Å². The fourth-order valence-corrected chi connectivity index (χ4v) is 3.51. The predicted octanol–water partition coefficient (Wildman–Crippen LogP) is 3.08. The molecule has 3 rings (SSSR count). The van der Waals surface area contributed by atoms with Crippen molar-refractivity contribution in [3.8, 4) is 6.07 Å². The molecule has 0 saturated heterocycles. The van der Waals surface area contributed by atoms with Crippen molar-refractivity contribution in [2.24, 2.45) is 0 Å². The van der Waals surface area contributed by atoms with E-state index < -0.39 is 11.6 Å². The molecule has 114 valence electrons. The molecule has 0 saturated carbocycles. The molecule has 5 nitrogen and oxygen atoms in total. The molecule has 0 amide bonds. The summed E-state index contributed by atoms with van der Waals surface area (Å²) in [6.45, 7) is 2.52. The van der Waals surface area contributed by atoms with E-state index in [4.69, 9.17) is 4.74 Å². The zero-order valence-electron chi connectivity index (χ0n) is 12.5. The zero-order valence-corrected chi connectivity index (χ0v) is 12.5. The van der Waals surface area contributed by atoms with Crippen LogP contribution in [0.15, 0.2) is 18.2 Å². The Morgan fingerprint density at radius 1 is 1.55 bits per heavy atom. The molecule has 1 aliphatic rings. The number of carboxylic acid groups (broad SMARTS) is 1. The fraction of sp³-hybridized carbons (Fsp3) is 0.412. The van der Waals surface area contributed by atoms with Crippen LogP contribution in [0, 0.1) is 11.3 Å². The fourth-order valence-electron chi connectivity index (χ4n) is 3.51. The number of aromatic amines is 1. The number of aliphatic carboxylic acids is 1. The molecule has 0 radical (unpaired) electrons. The van der Waals surface area contributed by atoms with Crippen molar-refractivity contribution in [1.29, 1.82) is 5.26 Å². The van der Waals surface area contributed by atoms with Crippen LogP contribution >= 0.6 is 0 Å². The lowest BCUT2D eigenvalue weighted by atomic mass is 9.85. The number of para-hydroxylation sites is 1. The molecule has 2 N–H and O–H groups in total. The Bertz CT molecular complexity index is 772. The third-order valence-corrected chi connectivity index (χ3v) is 4.34. The summed E-state index contributed by atoms with van der Waals surface area (Å²) in [6, 6.07) is 7.80. The van der Waals surface area contributed by atoms with E-state index in [1.165, 1.54) is 0 Å². The lowest BCUT2D eigenvalue weighted by molar-refractivity contribution is -0.149. The maximum Gasteiger partial charge on any atom is 0.306 e. The number of aromatic nitrogens is 1. The van der Waals surface area contributed by atoms with Crippen LogP contribution in [0.3, 0.4) is 0 Å². The van der Waals surface area contributed by atoms with Crippen LogP contribution in [0.1, 0.15) is 43.0 Å². The van der Waals surface area contributed by atoms with Crippen LogP contribution in [0.5, 0.6) is 0 Å². The van der Waals surface area contributed by atoms with Gasteiger partial charge in [0.1, 0.15) is 11.7 Å². The van der Waals surface area contributed by atoms with Gasteiger partial charge in [0.2, 0.25) is 0 Å². The van der Waals surface area contributed by atoms with Crippen molar-refractivity contribution in [3.05, 3.63) is 35.0 Å². The molecule has 0 bridgehead atoms. The molecule has 1 atom stereocenters. The number of H-pyrrole nitrogens is 1. The predicted molar refractivity (Wildman–Crippen MR) is 81.5 cm³/mol. The van der Waals surface area contributed by atoms with Gasteiger partial charge in [-0.3, -0.25) is 4.79 Å². The Morgan fingerprint density at radius 3 is 3.05 bits per heavy atom. The largest absolute Gasteiger partial charge is 0.481 e. The minimum absolute atomic E-state index is 0.0669. The van der Waals surface area contributed by atoms with Gasteiger partial charge in [-0.1, -0.05) is 25.5 Å². The molecule has 1 aromatic carbocycles. The number of nitrogens with zero attached hydrogens (tertiary/aromatic N) is 1. The second-order valence-electron chi connectivity index (χ2n) is 5.73. The van der Waals surface area contributed by atoms with Gasteiger partial charge in [-0.25, -0.2) is 0 Å². The lowest BCUT2D eigenvalue weighted by Gasteiger charge is -2.36. The highest BCUT2D eigenvalue weighted by Gasteiger charge is 2.41. The van der Waals surface area contributed by atoms with Gasteiger partial charge in [0.05, 0.1) is 29.8 Å². The van der Waals surface area contributed by atoms with Crippen LogP contribution < -0.4 is 0 Å². The van der Waals surface area contributed by atoms with Gasteiger partial charge in [-0.05, 0) is 24.5 Å². The first kappa shape index (κ1) is 14.6. The first-order valence-electron chi connectivity index (χ1n) is 7.51. The van der Waals surface area contributed by atoms with Gasteiger partial charge in [-0.15, -0.1) is 0 Å². The van der Waals surface area contributed by atoms with E-state index in [2.05, 4.69) is 11.1 Å². The molecule has 0 spiro atoms. The Kier molecular flexibility index (Phi) is 3.63. The summed E-state index contributed by atoms with van der Waals surface area (Å²) < 4.78 is 5.95. The standard InChI is InChI=1S/C17H18N2O3/c1-2-7-17(9-14(20)21)16-13(6-8-22-17)12-5-3-4-11(10-18)15(12)19-16/h3-5,19H,2,6-9H2,1H3,(H,20,21). The molecule has 0 aliphatic carbocycles. The first-order valence-corrected chi connectivity index (χ1v) is 7.51. The van der Waals surface area contributed by atoms with Gasteiger partial charge in [-0.2, -0.15) is 5.26 Å². The molecule has 5 heteroatoms. The number of ether oxygens (including phenoxy) is 1. The van der Waals surface area contributed by atoms with Crippen molar-refractivity contribution in [3.63, 3.8) is 0 Å². The van der Waals surface area contributed by atoms with Gasteiger partial charge in [0, 0.05) is 5.39 Å². The van der Waals surface area contributed by atoms with E-state index in [1.807, 2.05) is 19.1 Å². The van der Waals surface area contributed by atoms with Crippen molar-refractivity contribution < 1.29 is 14.6 Å². The Hall–Kier alpha value is -2.32. The maximum atomic E-state index is 11.3. The Labute approximate surface area is 128 Å². The van der Waals surface area contributed by atoms with E-state index >= 15 is 0 Å². The minimum atomic E-state index is -0.875. The number of nitrogens with one attached hydrogen (secondary N) is 1. The molecule has 1 aliphatic heterocycles. The highest BCUT2D eigenvalue weighted by Crippen LogP contribution is 2.42. The maximum absolute atomic E-state index is 11.3. The molecular formula is C17H18N2O3. The van der Waals surface area contributed by atoms with Crippen molar-refractivity contribution in [2.45, 2.75) is 38.2 Å². The van der Waals surface area contributed by atoms with Gasteiger partial charge in [0.25, 0.3) is 0 Å². The number of carboxylic acids is 1. The highest BCUT2D eigenvalue weighted by molar-refractivity contribution is 5.90. The van der Waals surface area contributed by atoms with Gasteiger partial charge < -0.3 is 14.8 Å². The second kappa shape index (κ2) is 5.47. The third-order valence-electron chi connectivity index (χ3n) is 4.34. The summed E-state index contributed by atoms with van der Waals surface area (Å²) in [6.07, 6.45) is 2.13. The number of benzene rings is 1. The molecular weight excluding hydrogens is 280 g/mol. The summed E-state index contributed by atoms with van der Waals surface area (Å²) in [5, 5.41) is 19.6. The quantitative estimate of drug-likeness (QED) is 0.908.